The number of carbonyl (C=O) groups is 1. The number of hydrogen-bond acceptors (Lipinski definition) is 3. The lowest BCUT2D eigenvalue weighted by atomic mass is 10.1. The van der Waals surface area contributed by atoms with Gasteiger partial charge in [-0.3, -0.25) is 4.79 Å². The standard InChI is InChI=1S/C12H21N3O2/c1-15-6-5-10(9-15)8-14-12(16)11(13)4-3-7-17-2/h5-6,9,11H,3-4,7-8,13H2,1-2H3,(H,14,16). The zero-order valence-corrected chi connectivity index (χ0v) is 10.5. The van der Waals surface area contributed by atoms with Crippen LogP contribution in [0.2, 0.25) is 0 Å². The van der Waals surface area contributed by atoms with Crippen molar-refractivity contribution in [3.63, 3.8) is 0 Å². The molecule has 0 spiro atoms. The molecule has 1 rings (SSSR count). The summed E-state index contributed by atoms with van der Waals surface area (Å²) in [5, 5.41) is 2.82. The first-order chi connectivity index (χ1) is 8.13. The fourth-order valence-corrected chi connectivity index (χ4v) is 1.56. The van der Waals surface area contributed by atoms with Crippen molar-refractivity contribution >= 4 is 5.91 Å². The smallest absolute Gasteiger partial charge is 0.237 e. The Bertz CT molecular complexity index is 349. The molecule has 0 aliphatic rings. The number of aryl methyl sites for hydroxylation is 1. The molecule has 0 aliphatic carbocycles. The zero-order valence-electron chi connectivity index (χ0n) is 10.5. The second-order valence-corrected chi connectivity index (χ2v) is 4.14. The van der Waals surface area contributed by atoms with Crippen LogP contribution in [0, 0.1) is 0 Å². The van der Waals surface area contributed by atoms with Gasteiger partial charge in [0.15, 0.2) is 0 Å². The second-order valence-electron chi connectivity index (χ2n) is 4.14. The number of nitrogens with two attached hydrogens (primary N) is 1. The van der Waals surface area contributed by atoms with Gasteiger partial charge in [-0.2, -0.15) is 0 Å². The molecule has 0 bridgehead atoms. The van der Waals surface area contributed by atoms with E-state index in [1.54, 1.807) is 7.11 Å². The Hall–Kier alpha value is -1.33. The maximum atomic E-state index is 11.6. The normalized spacial score (nSPS) is 12.4. The highest BCUT2D eigenvalue weighted by atomic mass is 16.5. The van der Waals surface area contributed by atoms with Crippen LogP contribution in [0.5, 0.6) is 0 Å². The molecule has 17 heavy (non-hydrogen) atoms. The van der Waals surface area contributed by atoms with Crippen molar-refractivity contribution in [3.8, 4) is 0 Å². The average molecular weight is 239 g/mol. The van der Waals surface area contributed by atoms with Crippen LogP contribution in [0.3, 0.4) is 0 Å². The van der Waals surface area contributed by atoms with Crippen molar-refractivity contribution in [2.24, 2.45) is 12.8 Å². The molecule has 0 saturated carbocycles. The molecule has 5 nitrogen and oxygen atoms in total. The molecule has 1 aromatic heterocycles. The summed E-state index contributed by atoms with van der Waals surface area (Å²) in [5.74, 6) is -0.107. The van der Waals surface area contributed by atoms with E-state index in [2.05, 4.69) is 5.32 Å². The average Bonchev–Trinajstić information content (AvgIpc) is 2.72. The number of ether oxygens (including phenoxy) is 1. The number of aromatic nitrogens is 1. The van der Waals surface area contributed by atoms with Crippen molar-refractivity contribution in [1.29, 1.82) is 0 Å². The van der Waals surface area contributed by atoms with Crippen LogP contribution < -0.4 is 11.1 Å². The zero-order chi connectivity index (χ0) is 12.7. The minimum Gasteiger partial charge on any atom is -0.385 e. The van der Waals surface area contributed by atoms with Gasteiger partial charge in [0.2, 0.25) is 5.91 Å². The third-order valence-electron chi connectivity index (χ3n) is 2.56. The quantitative estimate of drug-likeness (QED) is 0.676. The lowest BCUT2D eigenvalue weighted by Crippen LogP contribution is -2.40. The van der Waals surface area contributed by atoms with E-state index >= 15 is 0 Å². The van der Waals surface area contributed by atoms with Gasteiger partial charge >= 0.3 is 0 Å². The number of rotatable bonds is 7. The highest BCUT2D eigenvalue weighted by molar-refractivity contribution is 5.81. The van der Waals surface area contributed by atoms with Gasteiger partial charge in [0.25, 0.3) is 0 Å². The van der Waals surface area contributed by atoms with Gasteiger partial charge in [-0.25, -0.2) is 0 Å². The van der Waals surface area contributed by atoms with Crippen molar-refractivity contribution < 1.29 is 9.53 Å². The first kappa shape index (κ1) is 13.7. The summed E-state index contributed by atoms with van der Waals surface area (Å²) in [5.41, 5.74) is 6.83. The highest BCUT2D eigenvalue weighted by Gasteiger charge is 2.12. The Balaban J connectivity index is 2.24. The number of nitrogens with zero attached hydrogens (tertiary/aromatic N) is 1. The van der Waals surface area contributed by atoms with Crippen LogP contribution in [-0.2, 0) is 23.1 Å². The topological polar surface area (TPSA) is 69.3 Å². The van der Waals surface area contributed by atoms with Crippen molar-refractivity contribution in [2.75, 3.05) is 13.7 Å². The maximum absolute atomic E-state index is 11.6. The number of carbonyl (C=O) groups excluding carboxylic acids is 1. The molecule has 0 aliphatic heterocycles. The van der Waals surface area contributed by atoms with Crippen LogP contribution in [0.25, 0.3) is 0 Å². The van der Waals surface area contributed by atoms with Gasteiger partial charge < -0.3 is 20.4 Å². The van der Waals surface area contributed by atoms with Crippen molar-refractivity contribution in [2.45, 2.75) is 25.4 Å². The highest BCUT2D eigenvalue weighted by Crippen LogP contribution is 2.00. The Labute approximate surface area is 102 Å². The molecule has 5 heteroatoms. The maximum Gasteiger partial charge on any atom is 0.237 e. The monoisotopic (exact) mass is 239 g/mol. The van der Waals surface area contributed by atoms with E-state index in [-0.39, 0.29) is 5.91 Å². The molecule has 1 aromatic rings. The van der Waals surface area contributed by atoms with Gasteiger partial charge in [-0.1, -0.05) is 0 Å². The first-order valence-corrected chi connectivity index (χ1v) is 5.76. The van der Waals surface area contributed by atoms with Crippen LogP contribution in [-0.4, -0.2) is 30.2 Å². The number of amides is 1. The number of hydrogen-bond donors (Lipinski definition) is 2. The van der Waals surface area contributed by atoms with E-state index in [4.69, 9.17) is 10.5 Å². The predicted octanol–water partition coefficient (Wildman–Crippen LogP) is 0.395. The molecule has 1 heterocycles. The van der Waals surface area contributed by atoms with Crippen LogP contribution in [0.15, 0.2) is 18.5 Å². The Morgan fingerprint density at radius 2 is 2.41 bits per heavy atom. The fraction of sp³-hybridized carbons (Fsp3) is 0.583. The van der Waals surface area contributed by atoms with Gasteiger partial charge in [0.05, 0.1) is 6.04 Å². The first-order valence-electron chi connectivity index (χ1n) is 5.76. The third-order valence-corrected chi connectivity index (χ3v) is 2.56. The lowest BCUT2D eigenvalue weighted by Gasteiger charge is -2.11. The Morgan fingerprint density at radius 1 is 1.65 bits per heavy atom. The molecule has 3 N–H and O–H groups in total. The summed E-state index contributed by atoms with van der Waals surface area (Å²) >= 11 is 0. The van der Waals surface area contributed by atoms with E-state index in [1.807, 2.05) is 30.1 Å². The van der Waals surface area contributed by atoms with Crippen molar-refractivity contribution in [1.82, 2.24) is 9.88 Å². The van der Waals surface area contributed by atoms with Crippen LogP contribution in [0.4, 0.5) is 0 Å². The summed E-state index contributed by atoms with van der Waals surface area (Å²) in [4.78, 5) is 11.6. The van der Waals surface area contributed by atoms with E-state index < -0.39 is 6.04 Å². The van der Waals surface area contributed by atoms with Gasteiger partial charge in [-0.15, -0.1) is 0 Å². The lowest BCUT2D eigenvalue weighted by molar-refractivity contribution is -0.122. The molecule has 1 unspecified atom stereocenters. The largest absolute Gasteiger partial charge is 0.385 e. The van der Waals surface area contributed by atoms with Gasteiger partial charge in [-0.05, 0) is 24.5 Å². The molecule has 0 radical (unpaired) electrons. The van der Waals surface area contributed by atoms with Crippen molar-refractivity contribution in [3.05, 3.63) is 24.0 Å². The minimum absolute atomic E-state index is 0.107. The van der Waals surface area contributed by atoms with E-state index in [9.17, 15) is 4.79 Å². The molecule has 0 fully saturated rings. The summed E-state index contributed by atoms with van der Waals surface area (Å²) in [6.07, 6.45) is 5.36. The predicted molar refractivity (Wildman–Crippen MR) is 66.3 cm³/mol. The fourth-order valence-electron chi connectivity index (χ4n) is 1.56. The third kappa shape index (κ3) is 5.01. The summed E-state index contributed by atoms with van der Waals surface area (Å²) in [6.45, 7) is 1.16. The van der Waals surface area contributed by atoms with E-state index in [0.29, 0.717) is 19.6 Å². The second kappa shape index (κ2) is 7.09. The number of nitrogens with one attached hydrogen (secondary N) is 1. The minimum atomic E-state index is -0.450. The van der Waals surface area contributed by atoms with Gasteiger partial charge in [0.1, 0.15) is 0 Å². The summed E-state index contributed by atoms with van der Waals surface area (Å²) in [6, 6.07) is 1.52. The molecule has 1 amide bonds. The Kier molecular flexibility index (Phi) is 5.72. The van der Waals surface area contributed by atoms with Gasteiger partial charge in [0, 0.05) is 39.7 Å². The number of methoxy groups -OCH3 is 1. The SMILES string of the molecule is COCCCC(N)C(=O)NCc1ccn(C)c1. The molecular weight excluding hydrogens is 218 g/mol. The van der Waals surface area contributed by atoms with E-state index in [1.165, 1.54) is 0 Å². The molecule has 96 valence electrons. The summed E-state index contributed by atoms with van der Waals surface area (Å²) < 4.78 is 6.86. The molecular formula is C12H21N3O2. The molecule has 1 atom stereocenters. The molecule has 0 aromatic carbocycles. The molecule has 0 saturated heterocycles. The van der Waals surface area contributed by atoms with E-state index in [0.717, 1.165) is 12.0 Å². The van der Waals surface area contributed by atoms with Crippen LogP contribution >= 0.6 is 0 Å². The Morgan fingerprint density at radius 3 is 3.00 bits per heavy atom. The summed E-state index contributed by atoms with van der Waals surface area (Å²) in [7, 11) is 3.59. The van der Waals surface area contributed by atoms with Crippen LogP contribution in [0.1, 0.15) is 18.4 Å².